The number of para-hydroxylation sites is 1. The number of fused-ring (bicyclic) bond motifs is 1. The summed E-state index contributed by atoms with van der Waals surface area (Å²) < 4.78 is 25.3. The first-order valence-corrected chi connectivity index (χ1v) is 11.2. The Balaban J connectivity index is 1.48. The molecule has 5 rings (SSSR count). The van der Waals surface area contributed by atoms with E-state index in [0.717, 1.165) is 12.8 Å². The lowest BCUT2D eigenvalue weighted by molar-refractivity contribution is 0.0663. The van der Waals surface area contributed by atoms with Gasteiger partial charge in [0.25, 0.3) is 5.91 Å². The Morgan fingerprint density at radius 1 is 1.12 bits per heavy atom. The minimum absolute atomic E-state index is 0.164. The molecule has 176 valence electrons. The molecule has 8 nitrogen and oxygen atoms in total. The van der Waals surface area contributed by atoms with Gasteiger partial charge in [0.05, 0.1) is 5.69 Å². The molecular formula is C25H26FN5O3. The first kappa shape index (κ1) is 22.1. The molecule has 1 amide bonds. The molecule has 0 bridgehead atoms. The van der Waals surface area contributed by atoms with Gasteiger partial charge in [0, 0.05) is 30.9 Å². The molecule has 0 radical (unpaired) electrons. The predicted molar refractivity (Wildman–Crippen MR) is 126 cm³/mol. The molecule has 0 unspecified atom stereocenters. The van der Waals surface area contributed by atoms with Gasteiger partial charge >= 0.3 is 0 Å². The second kappa shape index (κ2) is 9.26. The quantitative estimate of drug-likeness (QED) is 0.614. The van der Waals surface area contributed by atoms with E-state index in [9.17, 15) is 9.18 Å². The second-order valence-corrected chi connectivity index (χ2v) is 8.62. The van der Waals surface area contributed by atoms with E-state index < -0.39 is 5.82 Å². The van der Waals surface area contributed by atoms with Crippen molar-refractivity contribution in [2.45, 2.75) is 18.9 Å². The molecule has 34 heavy (non-hydrogen) atoms. The Labute approximate surface area is 197 Å². The fourth-order valence-corrected chi connectivity index (χ4v) is 4.25. The maximum absolute atomic E-state index is 14.4. The molecule has 2 aliphatic rings. The van der Waals surface area contributed by atoms with Gasteiger partial charge in [-0.15, -0.1) is 0 Å². The van der Waals surface area contributed by atoms with Gasteiger partial charge in [0.2, 0.25) is 6.79 Å². The van der Waals surface area contributed by atoms with Gasteiger partial charge in [-0.3, -0.25) is 4.79 Å². The molecule has 2 aromatic carbocycles. The van der Waals surface area contributed by atoms with Gasteiger partial charge in [-0.05, 0) is 57.3 Å². The van der Waals surface area contributed by atoms with Crippen LogP contribution in [0.5, 0.6) is 11.5 Å². The van der Waals surface area contributed by atoms with Crippen molar-refractivity contribution in [2.75, 3.05) is 39.3 Å². The van der Waals surface area contributed by atoms with Gasteiger partial charge in [0.1, 0.15) is 17.2 Å². The minimum atomic E-state index is -0.434. The Bertz CT molecular complexity index is 1210. The van der Waals surface area contributed by atoms with Gasteiger partial charge in [-0.25, -0.2) is 14.4 Å². The minimum Gasteiger partial charge on any atom is -0.454 e. The fraction of sp³-hybridized carbons (Fsp3) is 0.320. The van der Waals surface area contributed by atoms with Crippen LogP contribution in [0.1, 0.15) is 23.2 Å². The number of likely N-dealkylation sites (tertiary alicyclic amines) is 1. The van der Waals surface area contributed by atoms with E-state index in [1.807, 2.05) is 11.0 Å². The van der Waals surface area contributed by atoms with Crippen LogP contribution in [0.2, 0.25) is 0 Å². The smallest absolute Gasteiger partial charge is 0.259 e. The van der Waals surface area contributed by atoms with Crippen molar-refractivity contribution in [2.24, 2.45) is 0 Å². The van der Waals surface area contributed by atoms with E-state index in [1.54, 1.807) is 30.3 Å². The SMILES string of the molecule is CN(C)C1CCN(C(=O)c2cnc(-c3ccc4c(c3)OCO4)nc2Nc2ccccc2F)CC1. The molecule has 0 atom stereocenters. The number of nitrogens with one attached hydrogen (secondary N) is 1. The highest BCUT2D eigenvalue weighted by atomic mass is 19.1. The second-order valence-electron chi connectivity index (χ2n) is 8.62. The Morgan fingerprint density at radius 3 is 2.65 bits per heavy atom. The zero-order valence-corrected chi connectivity index (χ0v) is 19.1. The normalized spacial score (nSPS) is 15.6. The van der Waals surface area contributed by atoms with Gasteiger partial charge in [0.15, 0.2) is 17.3 Å². The van der Waals surface area contributed by atoms with E-state index in [-0.39, 0.29) is 24.2 Å². The Hall–Kier alpha value is -3.72. The Morgan fingerprint density at radius 2 is 1.88 bits per heavy atom. The lowest BCUT2D eigenvalue weighted by atomic mass is 10.0. The number of aromatic nitrogens is 2. The summed E-state index contributed by atoms with van der Waals surface area (Å²) in [6, 6.07) is 12.1. The number of halogens is 1. The first-order chi connectivity index (χ1) is 16.5. The molecule has 9 heteroatoms. The summed E-state index contributed by atoms with van der Waals surface area (Å²) in [6.45, 7) is 1.45. The van der Waals surface area contributed by atoms with Crippen LogP contribution in [0.3, 0.4) is 0 Å². The van der Waals surface area contributed by atoms with Crippen LogP contribution in [0, 0.1) is 5.82 Å². The monoisotopic (exact) mass is 463 g/mol. The Kier molecular flexibility index (Phi) is 6.02. The van der Waals surface area contributed by atoms with Crippen LogP contribution in [0.25, 0.3) is 11.4 Å². The lowest BCUT2D eigenvalue weighted by Crippen LogP contribution is -2.44. The topological polar surface area (TPSA) is 79.8 Å². The van der Waals surface area contributed by atoms with Crippen LogP contribution in [0.15, 0.2) is 48.7 Å². The number of nitrogens with zero attached hydrogens (tertiary/aromatic N) is 4. The van der Waals surface area contributed by atoms with Crippen molar-refractivity contribution in [3.63, 3.8) is 0 Å². The number of carbonyl (C=O) groups excluding carboxylic acids is 1. The molecule has 0 saturated carbocycles. The highest BCUT2D eigenvalue weighted by Crippen LogP contribution is 2.35. The van der Waals surface area contributed by atoms with Gasteiger partial charge in [-0.2, -0.15) is 0 Å². The molecular weight excluding hydrogens is 437 g/mol. The number of ether oxygens (including phenoxy) is 2. The molecule has 0 aliphatic carbocycles. The van der Waals surface area contributed by atoms with E-state index in [2.05, 4.69) is 34.3 Å². The van der Waals surface area contributed by atoms with Crippen LogP contribution < -0.4 is 14.8 Å². The van der Waals surface area contributed by atoms with E-state index in [0.29, 0.717) is 47.6 Å². The van der Waals surface area contributed by atoms with Crippen molar-refractivity contribution in [3.8, 4) is 22.9 Å². The van der Waals surface area contributed by atoms with Crippen LogP contribution >= 0.6 is 0 Å². The van der Waals surface area contributed by atoms with Crippen LogP contribution in [-0.4, -0.2) is 65.7 Å². The van der Waals surface area contributed by atoms with E-state index in [1.165, 1.54) is 12.3 Å². The number of hydrogen-bond acceptors (Lipinski definition) is 7. The summed E-state index contributed by atoms with van der Waals surface area (Å²) >= 11 is 0. The van der Waals surface area contributed by atoms with Crippen molar-refractivity contribution < 1.29 is 18.7 Å². The highest BCUT2D eigenvalue weighted by Gasteiger charge is 2.27. The molecule has 3 aromatic rings. The molecule has 2 aliphatic heterocycles. The van der Waals surface area contributed by atoms with Crippen molar-refractivity contribution in [3.05, 3.63) is 60.0 Å². The summed E-state index contributed by atoms with van der Waals surface area (Å²) in [6.07, 6.45) is 3.30. The number of anilines is 2. The number of benzene rings is 2. The van der Waals surface area contributed by atoms with E-state index in [4.69, 9.17) is 9.47 Å². The standard InChI is InChI=1S/C25H26FN5O3/c1-30(2)17-9-11-31(12-10-17)25(32)18-14-27-23(16-7-8-21-22(13-16)34-15-33-21)29-24(18)28-20-6-4-3-5-19(20)26/h3-8,13-14,17H,9-12,15H2,1-2H3,(H,27,28,29). The van der Waals surface area contributed by atoms with Crippen molar-refractivity contribution in [1.82, 2.24) is 19.8 Å². The number of rotatable bonds is 5. The fourth-order valence-electron chi connectivity index (χ4n) is 4.25. The number of hydrogen-bond donors (Lipinski definition) is 1. The summed E-state index contributed by atoms with van der Waals surface area (Å²) in [5, 5.41) is 3.01. The summed E-state index contributed by atoms with van der Waals surface area (Å²) in [4.78, 5) is 26.5. The number of piperidine rings is 1. The van der Waals surface area contributed by atoms with Gasteiger partial charge < -0.3 is 24.6 Å². The van der Waals surface area contributed by atoms with E-state index >= 15 is 0 Å². The molecule has 1 aromatic heterocycles. The third-order valence-electron chi connectivity index (χ3n) is 6.26. The number of amides is 1. The lowest BCUT2D eigenvalue weighted by Gasteiger charge is -2.35. The summed E-state index contributed by atoms with van der Waals surface area (Å²) in [7, 11) is 4.11. The highest BCUT2D eigenvalue weighted by molar-refractivity contribution is 5.99. The number of carbonyl (C=O) groups is 1. The van der Waals surface area contributed by atoms with Gasteiger partial charge in [-0.1, -0.05) is 12.1 Å². The third kappa shape index (κ3) is 4.38. The van der Waals surface area contributed by atoms with Crippen molar-refractivity contribution >= 4 is 17.4 Å². The maximum Gasteiger partial charge on any atom is 0.259 e. The maximum atomic E-state index is 14.4. The van der Waals surface area contributed by atoms with Crippen LogP contribution in [0.4, 0.5) is 15.9 Å². The zero-order chi connectivity index (χ0) is 23.7. The average molecular weight is 464 g/mol. The molecule has 3 heterocycles. The van der Waals surface area contributed by atoms with Crippen LogP contribution in [-0.2, 0) is 0 Å². The first-order valence-electron chi connectivity index (χ1n) is 11.2. The summed E-state index contributed by atoms with van der Waals surface area (Å²) in [5.41, 5.74) is 1.24. The predicted octanol–water partition coefficient (Wildman–Crippen LogP) is 3.92. The zero-order valence-electron chi connectivity index (χ0n) is 19.1. The largest absolute Gasteiger partial charge is 0.454 e. The molecule has 1 N–H and O–H groups in total. The summed E-state index contributed by atoms with van der Waals surface area (Å²) in [5.74, 6) is 1.30. The third-order valence-corrected chi connectivity index (χ3v) is 6.26. The van der Waals surface area contributed by atoms with Crippen molar-refractivity contribution in [1.29, 1.82) is 0 Å². The molecule has 1 saturated heterocycles. The molecule has 1 fully saturated rings. The molecule has 0 spiro atoms. The average Bonchev–Trinajstić information content (AvgIpc) is 3.33.